The Morgan fingerprint density at radius 2 is 1.68 bits per heavy atom. The second-order valence-corrected chi connectivity index (χ2v) is 6.37. The molecule has 0 fully saturated rings. The Kier molecular flexibility index (Phi) is 8.62. The van der Waals surface area contributed by atoms with E-state index < -0.39 is 29.4 Å². The number of benzene rings is 2. The van der Waals surface area contributed by atoms with Crippen LogP contribution in [0.3, 0.4) is 0 Å². The summed E-state index contributed by atoms with van der Waals surface area (Å²) in [6.45, 7) is 2.76. The summed E-state index contributed by atoms with van der Waals surface area (Å²) in [6.07, 6.45) is 0.438. The normalized spacial score (nSPS) is 12.7. The van der Waals surface area contributed by atoms with Crippen molar-refractivity contribution in [3.05, 3.63) is 64.2 Å². The number of methoxy groups -OCH3 is 1. The van der Waals surface area contributed by atoms with Gasteiger partial charge in [0.2, 0.25) is 6.29 Å². The number of carbonyl (C=O) groups is 2. The van der Waals surface area contributed by atoms with E-state index in [-0.39, 0.29) is 13.2 Å². The highest BCUT2D eigenvalue weighted by Gasteiger charge is 2.17. The quantitative estimate of drug-likeness (QED) is 0.181. The van der Waals surface area contributed by atoms with E-state index in [1.54, 1.807) is 14.0 Å². The smallest absolute Gasteiger partial charge is 0.497 e. The number of rotatable bonds is 10. The molecule has 0 spiro atoms. The van der Waals surface area contributed by atoms with Gasteiger partial charge in [-0.2, -0.15) is 0 Å². The Hall–Kier alpha value is -3.82. The average molecular weight is 433 g/mol. The predicted molar refractivity (Wildman–Crippen MR) is 109 cm³/mol. The second-order valence-electron chi connectivity index (χ2n) is 6.37. The molecule has 10 nitrogen and oxygen atoms in total. The van der Waals surface area contributed by atoms with Gasteiger partial charge < -0.3 is 18.9 Å². The van der Waals surface area contributed by atoms with Crippen LogP contribution in [0.1, 0.15) is 25.3 Å². The first-order valence-electron chi connectivity index (χ1n) is 9.34. The third-order valence-corrected chi connectivity index (χ3v) is 4.21. The molecule has 0 amide bonds. The van der Waals surface area contributed by atoms with Crippen molar-refractivity contribution in [2.75, 3.05) is 20.3 Å². The zero-order valence-corrected chi connectivity index (χ0v) is 17.3. The molecule has 0 saturated heterocycles. The van der Waals surface area contributed by atoms with Crippen LogP contribution in [0.15, 0.2) is 48.6 Å². The zero-order valence-electron chi connectivity index (χ0n) is 17.3. The summed E-state index contributed by atoms with van der Waals surface area (Å²) in [5, 5.41) is 11.0. The summed E-state index contributed by atoms with van der Waals surface area (Å²) in [4.78, 5) is 37.7. The Labute approximate surface area is 178 Å². The van der Waals surface area contributed by atoms with Crippen LogP contribution in [0.2, 0.25) is 0 Å². The van der Waals surface area contributed by atoms with E-state index in [9.17, 15) is 19.7 Å². The topological polar surface area (TPSA) is 123 Å². The van der Waals surface area contributed by atoms with Crippen molar-refractivity contribution in [1.82, 2.24) is 0 Å². The lowest BCUT2D eigenvalue weighted by atomic mass is 9.98. The molecule has 2 aromatic rings. The summed E-state index contributed by atoms with van der Waals surface area (Å²) in [6, 6.07) is 11.4. The fourth-order valence-electron chi connectivity index (χ4n) is 2.59. The summed E-state index contributed by atoms with van der Waals surface area (Å²) >= 11 is 0. The van der Waals surface area contributed by atoms with Crippen LogP contribution in [0.25, 0.3) is 10.8 Å². The van der Waals surface area contributed by atoms with E-state index in [2.05, 4.69) is 14.3 Å². The number of esters is 1. The molecule has 2 rings (SSSR count). The molecular formula is C21H23NO9. The summed E-state index contributed by atoms with van der Waals surface area (Å²) in [5.41, 5.74) is 0.823. The fourth-order valence-corrected chi connectivity index (χ4v) is 2.59. The molecule has 0 heterocycles. The molecule has 0 aliphatic rings. The minimum Gasteiger partial charge on any atom is -0.497 e. The van der Waals surface area contributed by atoms with E-state index in [1.807, 2.05) is 36.4 Å². The summed E-state index contributed by atoms with van der Waals surface area (Å²) < 4.78 is 19.6. The van der Waals surface area contributed by atoms with E-state index in [1.165, 1.54) is 19.1 Å². The van der Waals surface area contributed by atoms with Crippen LogP contribution in [-0.2, 0) is 23.8 Å². The van der Waals surface area contributed by atoms with Crippen LogP contribution in [0.4, 0.5) is 4.79 Å². The zero-order chi connectivity index (χ0) is 22.8. The summed E-state index contributed by atoms with van der Waals surface area (Å²) in [7, 11) is 1.61. The van der Waals surface area contributed by atoms with Gasteiger partial charge in [0.05, 0.1) is 13.0 Å². The van der Waals surface area contributed by atoms with Gasteiger partial charge in [-0.25, -0.2) is 4.79 Å². The first-order chi connectivity index (χ1) is 14.8. The molecular weight excluding hydrogens is 410 g/mol. The molecule has 0 radical (unpaired) electrons. The van der Waals surface area contributed by atoms with E-state index in [0.29, 0.717) is 0 Å². The third-order valence-electron chi connectivity index (χ3n) is 4.21. The minimum absolute atomic E-state index is 0.00675. The Morgan fingerprint density at radius 1 is 1.03 bits per heavy atom. The number of carbonyl (C=O) groups excluding carboxylic acids is 2. The second kappa shape index (κ2) is 11.4. The number of hydrogen-bond acceptors (Lipinski definition) is 9. The van der Waals surface area contributed by atoms with E-state index in [4.69, 9.17) is 9.47 Å². The van der Waals surface area contributed by atoms with Gasteiger partial charge in [-0.15, -0.1) is 10.1 Å². The van der Waals surface area contributed by atoms with Crippen molar-refractivity contribution in [3.8, 4) is 5.75 Å². The van der Waals surface area contributed by atoms with E-state index in [0.717, 1.165) is 22.1 Å². The minimum atomic E-state index is -1.38. The van der Waals surface area contributed by atoms with Gasteiger partial charge in [-0.05, 0) is 54.5 Å². The third kappa shape index (κ3) is 7.50. The Morgan fingerprint density at radius 3 is 2.35 bits per heavy atom. The molecule has 0 bridgehead atoms. The van der Waals surface area contributed by atoms with Crippen LogP contribution in [0.5, 0.6) is 5.75 Å². The number of ether oxygens (including phenoxy) is 4. The number of fused-ring (bicyclic) bond motifs is 1. The Balaban J connectivity index is 1.76. The molecule has 2 atom stereocenters. The van der Waals surface area contributed by atoms with Gasteiger partial charge in [-0.3, -0.25) is 9.63 Å². The first kappa shape index (κ1) is 23.5. The van der Waals surface area contributed by atoms with Crippen LogP contribution < -0.4 is 4.74 Å². The monoisotopic (exact) mass is 433 g/mol. The highest BCUT2D eigenvalue weighted by molar-refractivity contribution is 5.86. The van der Waals surface area contributed by atoms with Crippen molar-refractivity contribution < 1.29 is 38.5 Å². The lowest BCUT2D eigenvalue weighted by Gasteiger charge is -2.12. The molecule has 2 aromatic carbocycles. The molecule has 0 N–H and O–H groups in total. The fraction of sp³-hybridized carbons (Fsp3) is 0.333. The van der Waals surface area contributed by atoms with E-state index >= 15 is 0 Å². The van der Waals surface area contributed by atoms with Crippen molar-refractivity contribution in [2.24, 2.45) is 0 Å². The Bertz CT molecular complexity index is 957. The van der Waals surface area contributed by atoms with Gasteiger partial charge in [-0.1, -0.05) is 24.3 Å². The molecule has 0 aromatic heterocycles. The highest BCUT2D eigenvalue weighted by atomic mass is 17.0. The van der Waals surface area contributed by atoms with Crippen LogP contribution >= 0.6 is 0 Å². The molecule has 0 aliphatic heterocycles. The van der Waals surface area contributed by atoms with Crippen LogP contribution in [-0.4, -0.2) is 43.8 Å². The lowest BCUT2D eigenvalue weighted by molar-refractivity contribution is -0.777. The van der Waals surface area contributed by atoms with Crippen molar-refractivity contribution in [1.29, 1.82) is 0 Å². The van der Waals surface area contributed by atoms with Crippen molar-refractivity contribution in [3.63, 3.8) is 0 Å². The lowest BCUT2D eigenvalue weighted by Crippen LogP contribution is -2.21. The largest absolute Gasteiger partial charge is 0.510 e. The number of nitrogens with zero attached hydrogens (tertiary/aromatic N) is 1. The van der Waals surface area contributed by atoms with Crippen LogP contribution in [0, 0.1) is 10.1 Å². The standard InChI is InChI=1S/C21H23NO9/c1-14(16-6-7-18-13-19(27-3)9-8-17(18)12-16)20(23)28-10-4-5-11-29-21(24)30-15(2)31-22(25)26/h4-9,12-15H,10-11H2,1-3H3/b5-4-. The van der Waals surface area contributed by atoms with Crippen molar-refractivity contribution >= 4 is 22.9 Å². The maximum atomic E-state index is 12.3. The maximum Gasteiger partial charge on any atom is 0.510 e. The molecule has 31 heavy (non-hydrogen) atoms. The molecule has 10 heteroatoms. The summed E-state index contributed by atoms with van der Waals surface area (Å²) in [5.74, 6) is -0.103. The number of hydrogen-bond donors (Lipinski definition) is 0. The van der Waals surface area contributed by atoms with Gasteiger partial charge in [0.1, 0.15) is 19.0 Å². The van der Waals surface area contributed by atoms with Gasteiger partial charge in [0, 0.05) is 0 Å². The molecule has 0 aliphatic carbocycles. The van der Waals surface area contributed by atoms with Gasteiger partial charge in [0.15, 0.2) is 0 Å². The molecule has 166 valence electrons. The SMILES string of the molecule is COc1ccc2cc(C(C)C(=O)OC/C=C\COC(=O)OC(C)O[N+](=O)[O-])ccc2c1. The average Bonchev–Trinajstić information content (AvgIpc) is 2.73. The molecule has 0 saturated carbocycles. The maximum absolute atomic E-state index is 12.3. The highest BCUT2D eigenvalue weighted by Crippen LogP contribution is 2.25. The van der Waals surface area contributed by atoms with Gasteiger partial charge >= 0.3 is 12.1 Å². The predicted octanol–water partition coefficient (Wildman–Crippen LogP) is 3.76. The van der Waals surface area contributed by atoms with Gasteiger partial charge in [0.25, 0.3) is 5.09 Å². The van der Waals surface area contributed by atoms with Crippen molar-refractivity contribution in [2.45, 2.75) is 26.1 Å². The first-order valence-corrected chi connectivity index (χ1v) is 9.34. The molecule has 2 unspecified atom stereocenters.